The molecule has 0 bridgehead atoms. The molecule has 0 saturated heterocycles. The van der Waals surface area contributed by atoms with Gasteiger partial charge in [-0.2, -0.15) is 18.3 Å². The highest BCUT2D eigenvalue weighted by Gasteiger charge is 2.41. The smallest absolute Gasteiger partial charge is 0.433 e. The Labute approximate surface area is 164 Å². The molecule has 0 atom stereocenters. The van der Waals surface area contributed by atoms with Crippen LogP contribution in [-0.4, -0.2) is 35.5 Å². The van der Waals surface area contributed by atoms with Gasteiger partial charge in [0.15, 0.2) is 15.5 Å². The summed E-state index contributed by atoms with van der Waals surface area (Å²) < 4.78 is 65.3. The van der Waals surface area contributed by atoms with Gasteiger partial charge in [0, 0.05) is 17.4 Å². The number of alkyl halides is 3. The third kappa shape index (κ3) is 4.32. The summed E-state index contributed by atoms with van der Waals surface area (Å²) in [6.07, 6.45) is -3.85. The first-order valence-electron chi connectivity index (χ1n) is 8.24. The molecule has 0 amide bonds. The van der Waals surface area contributed by atoms with Gasteiger partial charge in [-0.3, -0.25) is 4.79 Å². The lowest BCUT2D eigenvalue weighted by atomic mass is 9.98. The second-order valence-corrected chi connectivity index (χ2v) is 8.30. The molecule has 0 fully saturated rings. The zero-order valence-electron chi connectivity index (χ0n) is 15.0. The van der Waals surface area contributed by atoms with E-state index in [0.29, 0.717) is 4.68 Å². The average Bonchev–Trinajstić information content (AvgIpc) is 3.00. The van der Waals surface area contributed by atoms with Crippen molar-refractivity contribution >= 4 is 15.8 Å². The summed E-state index contributed by atoms with van der Waals surface area (Å²) in [5.41, 5.74) is -1.12. The first kappa shape index (κ1) is 20.6. The van der Waals surface area contributed by atoms with Crippen LogP contribution in [0.25, 0.3) is 22.4 Å². The fourth-order valence-electron chi connectivity index (χ4n) is 2.93. The number of aromatic nitrogens is 2. The number of halogens is 3. The lowest BCUT2D eigenvalue weighted by molar-refractivity contribution is -0.146. The van der Waals surface area contributed by atoms with Gasteiger partial charge in [-0.15, -0.1) is 0 Å². The number of sulfone groups is 1. The van der Waals surface area contributed by atoms with Crippen molar-refractivity contribution in [3.8, 4) is 22.4 Å². The quantitative estimate of drug-likeness (QED) is 0.674. The Morgan fingerprint density at radius 1 is 1.03 bits per heavy atom. The van der Waals surface area contributed by atoms with E-state index in [9.17, 15) is 26.4 Å². The van der Waals surface area contributed by atoms with E-state index in [1.165, 1.54) is 36.4 Å². The van der Waals surface area contributed by atoms with Crippen LogP contribution in [0.5, 0.6) is 0 Å². The molecule has 2 aromatic carbocycles. The number of carboxylic acid groups (broad SMARTS) is 1. The maximum Gasteiger partial charge on any atom is 0.433 e. The molecule has 3 rings (SSSR count). The molecular formula is C19H15F3N2O4S. The Morgan fingerprint density at radius 2 is 1.62 bits per heavy atom. The highest BCUT2D eigenvalue weighted by atomic mass is 32.2. The van der Waals surface area contributed by atoms with Crippen molar-refractivity contribution in [2.24, 2.45) is 0 Å². The molecule has 10 heteroatoms. The molecule has 0 aliphatic rings. The van der Waals surface area contributed by atoms with Crippen molar-refractivity contribution in [2.45, 2.75) is 17.6 Å². The molecule has 152 valence electrons. The van der Waals surface area contributed by atoms with Crippen LogP contribution in [0.15, 0.2) is 59.5 Å². The van der Waals surface area contributed by atoms with Crippen molar-refractivity contribution in [3.05, 3.63) is 60.3 Å². The number of carboxylic acids is 1. The van der Waals surface area contributed by atoms with Crippen LogP contribution in [0.3, 0.4) is 0 Å². The van der Waals surface area contributed by atoms with E-state index in [1.54, 1.807) is 18.2 Å². The molecule has 1 heterocycles. The van der Waals surface area contributed by atoms with Crippen LogP contribution in [-0.2, 0) is 27.4 Å². The Bertz CT molecular complexity index is 1150. The SMILES string of the molecule is CS(=O)(=O)c1ccc(-c2nn(CC(=O)O)c(C(F)(F)F)c2-c2ccccc2)cc1. The van der Waals surface area contributed by atoms with E-state index in [4.69, 9.17) is 5.11 Å². The first-order valence-corrected chi connectivity index (χ1v) is 10.1. The molecule has 0 spiro atoms. The lowest BCUT2D eigenvalue weighted by Crippen LogP contribution is -2.19. The summed E-state index contributed by atoms with van der Waals surface area (Å²) >= 11 is 0. The van der Waals surface area contributed by atoms with Crippen molar-refractivity contribution < 1.29 is 31.5 Å². The first-order chi connectivity index (χ1) is 13.5. The van der Waals surface area contributed by atoms with Gasteiger partial charge in [0.2, 0.25) is 0 Å². The Balaban J connectivity index is 2.31. The molecule has 0 saturated carbocycles. The van der Waals surface area contributed by atoms with E-state index in [-0.39, 0.29) is 27.3 Å². The van der Waals surface area contributed by atoms with Gasteiger partial charge in [0.1, 0.15) is 12.2 Å². The monoisotopic (exact) mass is 424 g/mol. The van der Waals surface area contributed by atoms with Crippen molar-refractivity contribution in [2.75, 3.05) is 6.26 Å². The predicted molar refractivity (Wildman–Crippen MR) is 98.8 cm³/mol. The molecule has 3 aromatic rings. The molecule has 1 N–H and O–H groups in total. The third-order valence-corrected chi connectivity index (χ3v) is 5.25. The fraction of sp³-hybridized carbons (Fsp3) is 0.158. The minimum absolute atomic E-state index is 0.00326. The van der Waals surface area contributed by atoms with Gasteiger partial charge in [-0.05, 0) is 17.7 Å². The van der Waals surface area contributed by atoms with Gasteiger partial charge in [-0.1, -0.05) is 42.5 Å². The lowest BCUT2D eigenvalue weighted by Gasteiger charge is -2.12. The number of nitrogens with zero attached hydrogens (tertiary/aromatic N) is 2. The fourth-order valence-corrected chi connectivity index (χ4v) is 3.56. The van der Waals surface area contributed by atoms with E-state index in [2.05, 4.69) is 5.10 Å². The van der Waals surface area contributed by atoms with E-state index in [1.807, 2.05) is 0 Å². The second-order valence-electron chi connectivity index (χ2n) is 6.28. The van der Waals surface area contributed by atoms with Crippen LogP contribution in [0.1, 0.15) is 5.69 Å². The van der Waals surface area contributed by atoms with Gasteiger partial charge in [-0.25, -0.2) is 13.1 Å². The topological polar surface area (TPSA) is 89.3 Å². The normalized spacial score (nSPS) is 12.1. The van der Waals surface area contributed by atoms with Crippen molar-refractivity contribution in [1.29, 1.82) is 0 Å². The van der Waals surface area contributed by atoms with Crippen LogP contribution in [0.2, 0.25) is 0 Å². The summed E-state index contributed by atoms with van der Waals surface area (Å²) in [7, 11) is -3.49. The highest BCUT2D eigenvalue weighted by Crippen LogP contribution is 2.42. The van der Waals surface area contributed by atoms with Crippen LogP contribution in [0.4, 0.5) is 13.2 Å². The maximum atomic E-state index is 13.9. The summed E-state index contributed by atoms with van der Waals surface area (Å²) in [4.78, 5) is 11.1. The molecule has 0 aliphatic heterocycles. The standard InChI is InChI=1S/C19H15F3N2O4S/c1-29(27,28)14-9-7-13(8-10-14)17-16(12-5-3-2-4-6-12)18(19(20,21)22)24(23-17)11-15(25)26/h2-10H,11H2,1H3,(H,25,26). The Hall–Kier alpha value is -3.14. The van der Waals surface area contributed by atoms with Gasteiger partial charge >= 0.3 is 12.1 Å². The number of carbonyl (C=O) groups is 1. The van der Waals surface area contributed by atoms with E-state index in [0.717, 1.165) is 6.26 Å². The number of benzene rings is 2. The number of aliphatic carboxylic acids is 1. The number of hydrogen-bond acceptors (Lipinski definition) is 4. The number of hydrogen-bond donors (Lipinski definition) is 1. The van der Waals surface area contributed by atoms with Crippen LogP contribution in [0, 0.1) is 0 Å². The molecular weight excluding hydrogens is 409 g/mol. The minimum atomic E-state index is -4.86. The van der Waals surface area contributed by atoms with Crippen LogP contribution < -0.4 is 0 Å². The summed E-state index contributed by atoms with van der Waals surface area (Å²) in [5, 5.41) is 13.0. The Morgan fingerprint density at radius 3 is 2.10 bits per heavy atom. The molecule has 0 unspecified atom stereocenters. The summed E-state index contributed by atoms with van der Waals surface area (Å²) in [6, 6.07) is 12.9. The highest BCUT2D eigenvalue weighted by molar-refractivity contribution is 7.90. The third-order valence-electron chi connectivity index (χ3n) is 4.12. The molecule has 0 aliphatic carbocycles. The Kier molecular flexibility index (Phi) is 5.22. The molecule has 1 aromatic heterocycles. The van der Waals surface area contributed by atoms with Crippen LogP contribution >= 0.6 is 0 Å². The number of rotatable bonds is 5. The van der Waals surface area contributed by atoms with Crippen molar-refractivity contribution in [3.63, 3.8) is 0 Å². The van der Waals surface area contributed by atoms with Gasteiger partial charge < -0.3 is 5.11 Å². The van der Waals surface area contributed by atoms with E-state index < -0.39 is 34.2 Å². The van der Waals surface area contributed by atoms with E-state index >= 15 is 0 Å². The van der Waals surface area contributed by atoms with Gasteiger partial charge in [0.05, 0.1) is 4.90 Å². The molecule has 0 radical (unpaired) electrons. The average molecular weight is 424 g/mol. The summed E-state index contributed by atoms with van der Waals surface area (Å²) in [5.74, 6) is -1.48. The molecule has 6 nitrogen and oxygen atoms in total. The second kappa shape index (κ2) is 7.36. The summed E-state index contributed by atoms with van der Waals surface area (Å²) in [6.45, 7) is -0.976. The van der Waals surface area contributed by atoms with Crippen molar-refractivity contribution in [1.82, 2.24) is 9.78 Å². The van der Waals surface area contributed by atoms with Gasteiger partial charge in [0.25, 0.3) is 0 Å². The minimum Gasteiger partial charge on any atom is -0.480 e. The zero-order chi connectivity index (χ0) is 21.4. The zero-order valence-corrected chi connectivity index (χ0v) is 15.8. The maximum absolute atomic E-state index is 13.9. The molecule has 29 heavy (non-hydrogen) atoms. The largest absolute Gasteiger partial charge is 0.480 e. The predicted octanol–water partition coefficient (Wildman–Crippen LogP) is 3.72.